The molecule has 0 aliphatic carbocycles. The summed E-state index contributed by atoms with van der Waals surface area (Å²) in [7, 11) is 0. The average Bonchev–Trinajstić information content (AvgIpc) is 2.24. The summed E-state index contributed by atoms with van der Waals surface area (Å²) in [4.78, 5) is 44.7. The maximum absolute atomic E-state index is 11.7. The van der Waals surface area contributed by atoms with Crippen LogP contribution in [-0.4, -0.2) is 40.5 Å². The molecule has 7 nitrogen and oxygen atoms in total. The van der Waals surface area contributed by atoms with E-state index in [2.05, 4.69) is 4.74 Å². The lowest BCUT2D eigenvalue weighted by Gasteiger charge is -2.25. The first-order chi connectivity index (χ1) is 8.16. The summed E-state index contributed by atoms with van der Waals surface area (Å²) in [6, 6.07) is 0. The van der Waals surface area contributed by atoms with Gasteiger partial charge in [0.15, 0.2) is 5.92 Å². The first-order valence-corrected chi connectivity index (χ1v) is 5.30. The van der Waals surface area contributed by atoms with Crippen molar-refractivity contribution in [3.63, 3.8) is 0 Å². The van der Waals surface area contributed by atoms with Gasteiger partial charge in [-0.2, -0.15) is 0 Å². The fourth-order valence-electron chi connectivity index (χ4n) is 1.35. The molecule has 102 valence electrons. The van der Waals surface area contributed by atoms with Gasteiger partial charge in [-0.1, -0.05) is 0 Å². The third-order valence-electron chi connectivity index (χ3n) is 2.71. The number of hydrogen-bond donors (Lipinski definition) is 2. The van der Waals surface area contributed by atoms with E-state index in [1.165, 1.54) is 13.8 Å². The minimum absolute atomic E-state index is 0.0204. The number of ether oxygens (including phenoxy) is 1. The van der Waals surface area contributed by atoms with Crippen molar-refractivity contribution in [2.24, 2.45) is 11.3 Å². The maximum atomic E-state index is 11.7. The van der Waals surface area contributed by atoms with Gasteiger partial charge in [0, 0.05) is 0 Å². The molecule has 0 rings (SSSR count). The number of ketones is 1. The zero-order valence-electron chi connectivity index (χ0n) is 10.4. The van der Waals surface area contributed by atoms with Gasteiger partial charge in [-0.15, -0.1) is 0 Å². The molecule has 0 spiro atoms. The van der Waals surface area contributed by atoms with Crippen LogP contribution in [0, 0.1) is 11.3 Å². The molecular formula is C11H16O7. The highest BCUT2D eigenvalue weighted by atomic mass is 16.5. The van der Waals surface area contributed by atoms with Crippen molar-refractivity contribution in [1.29, 1.82) is 0 Å². The van der Waals surface area contributed by atoms with E-state index in [0.29, 0.717) is 0 Å². The molecule has 0 amide bonds. The molecule has 0 saturated carbocycles. The van der Waals surface area contributed by atoms with Gasteiger partial charge >= 0.3 is 17.9 Å². The van der Waals surface area contributed by atoms with E-state index in [1.807, 2.05) is 0 Å². The lowest BCUT2D eigenvalue weighted by atomic mass is 9.78. The zero-order chi connectivity index (χ0) is 14.5. The van der Waals surface area contributed by atoms with E-state index < -0.39 is 41.4 Å². The Hall–Kier alpha value is -1.92. The molecule has 0 aliphatic heterocycles. The monoisotopic (exact) mass is 260 g/mol. The summed E-state index contributed by atoms with van der Waals surface area (Å²) in [6.45, 7) is 3.83. The molecule has 0 aromatic carbocycles. The number of rotatable bonds is 7. The fourth-order valence-corrected chi connectivity index (χ4v) is 1.35. The van der Waals surface area contributed by atoms with E-state index in [9.17, 15) is 19.2 Å². The number of carboxylic acid groups (broad SMARTS) is 2. The molecule has 0 saturated heterocycles. The quantitative estimate of drug-likeness (QED) is 0.499. The van der Waals surface area contributed by atoms with Crippen LogP contribution in [0.2, 0.25) is 0 Å². The van der Waals surface area contributed by atoms with Gasteiger partial charge in [-0.05, 0) is 27.2 Å². The van der Waals surface area contributed by atoms with Crippen LogP contribution in [0.1, 0.15) is 27.2 Å². The van der Waals surface area contributed by atoms with Crippen LogP contribution in [0.15, 0.2) is 0 Å². The summed E-state index contributed by atoms with van der Waals surface area (Å²) in [6.07, 6.45) is -0.633. The Morgan fingerprint density at radius 2 is 1.61 bits per heavy atom. The lowest BCUT2D eigenvalue weighted by molar-refractivity contribution is -0.163. The Balaban J connectivity index is 5.25. The Morgan fingerprint density at radius 3 is 1.89 bits per heavy atom. The Morgan fingerprint density at radius 1 is 1.17 bits per heavy atom. The number of carboxylic acids is 2. The van der Waals surface area contributed by atoms with Crippen molar-refractivity contribution in [1.82, 2.24) is 0 Å². The van der Waals surface area contributed by atoms with Crippen molar-refractivity contribution in [3.8, 4) is 0 Å². The molecule has 1 atom stereocenters. The third kappa shape index (κ3) is 3.54. The van der Waals surface area contributed by atoms with Crippen molar-refractivity contribution >= 4 is 23.7 Å². The SMILES string of the molecule is CCOC(=O)[C@](C)(CC(C(=O)O)C(=O)O)C(C)=O. The van der Waals surface area contributed by atoms with Crippen molar-refractivity contribution in [2.75, 3.05) is 6.61 Å². The van der Waals surface area contributed by atoms with Crippen LogP contribution in [0.25, 0.3) is 0 Å². The molecule has 0 aromatic heterocycles. The predicted octanol–water partition coefficient (Wildman–Crippen LogP) is 0.320. The topological polar surface area (TPSA) is 118 Å². The van der Waals surface area contributed by atoms with Gasteiger partial charge in [-0.25, -0.2) is 0 Å². The molecule has 0 fully saturated rings. The van der Waals surface area contributed by atoms with Crippen LogP contribution in [-0.2, 0) is 23.9 Å². The van der Waals surface area contributed by atoms with Crippen LogP contribution in [0.4, 0.5) is 0 Å². The zero-order valence-corrected chi connectivity index (χ0v) is 10.4. The van der Waals surface area contributed by atoms with Gasteiger partial charge in [0.1, 0.15) is 11.2 Å². The number of esters is 1. The Bertz CT molecular complexity index is 360. The maximum Gasteiger partial charge on any atom is 0.319 e. The first-order valence-electron chi connectivity index (χ1n) is 5.30. The van der Waals surface area contributed by atoms with Crippen LogP contribution >= 0.6 is 0 Å². The summed E-state index contributed by atoms with van der Waals surface area (Å²) in [5.74, 6) is -6.57. The second-order valence-electron chi connectivity index (χ2n) is 4.04. The third-order valence-corrected chi connectivity index (χ3v) is 2.71. The van der Waals surface area contributed by atoms with E-state index in [0.717, 1.165) is 6.92 Å². The first kappa shape index (κ1) is 16.1. The van der Waals surface area contributed by atoms with E-state index in [1.54, 1.807) is 0 Å². The Kier molecular flexibility index (Phi) is 5.48. The molecule has 0 unspecified atom stereocenters. The van der Waals surface area contributed by atoms with Gasteiger partial charge in [0.25, 0.3) is 0 Å². The number of carbonyl (C=O) groups is 4. The van der Waals surface area contributed by atoms with Crippen molar-refractivity contribution < 1.29 is 34.1 Å². The molecular weight excluding hydrogens is 244 g/mol. The molecule has 0 heterocycles. The van der Waals surface area contributed by atoms with Gasteiger partial charge in [0.2, 0.25) is 0 Å². The second-order valence-corrected chi connectivity index (χ2v) is 4.04. The second kappa shape index (κ2) is 6.13. The molecule has 0 aliphatic rings. The molecule has 7 heteroatoms. The number of Topliss-reactive ketones (excluding diaryl/α,β-unsaturated/α-hetero) is 1. The number of carbonyl (C=O) groups excluding carboxylic acids is 2. The van der Waals surface area contributed by atoms with E-state index >= 15 is 0 Å². The molecule has 2 N–H and O–H groups in total. The molecule has 0 aromatic rings. The Labute approximate surface area is 104 Å². The largest absolute Gasteiger partial charge is 0.481 e. The summed E-state index contributed by atoms with van der Waals surface area (Å²) in [5, 5.41) is 17.5. The van der Waals surface area contributed by atoms with Gasteiger partial charge in [0.05, 0.1) is 6.61 Å². The van der Waals surface area contributed by atoms with Crippen molar-refractivity contribution in [2.45, 2.75) is 27.2 Å². The smallest absolute Gasteiger partial charge is 0.319 e. The van der Waals surface area contributed by atoms with Crippen molar-refractivity contribution in [3.05, 3.63) is 0 Å². The van der Waals surface area contributed by atoms with Gasteiger partial charge < -0.3 is 14.9 Å². The molecule has 0 radical (unpaired) electrons. The summed E-state index contributed by atoms with van der Waals surface area (Å²) in [5.41, 5.74) is -1.77. The molecule has 18 heavy (non-hydrogen) atoms. The fraction of sp³-hybridized carbons (Fsp3) is 0.636. The predicted molar refractivity (Wildman–Crippen MR) is 58.8 cm³/mol. The number of aliphatic carboxylic acids is 2. The normalized spacial score (nSPS) is 13.8. The van der Waals surface area contributed by atoms with Gasteiger partial charge in [-0.3, -0.25) is 19.2 Å². The van der Waals surface area contributed by atoms with Crippen LogP contribution in [0.5, 0.6) is 0 Å². The highest BCUT2D eigenvalue weighted by molar-refractivity contribution is 6.04. The molecule has 0 bridgehead atoms. The lowest BCUT2D eigenvalue weighted by Crippen LogP contribution is -2.41. The van der Waals surface area contributed by atoms with E-state index in [4.69, 9.17) is 10.2 Å². The van der Waals surface area contributed by atoms with E-state index in [-0.39, 0.29) is 6.61 Å². The van der Waals surface area contributed by atoms with Crippen LogP contribution in [0.3, 0.4) is 0 Å². The van der Waals surface area contributed by atoms with Crippen LogP contribution < -0.4 is 0 Å². The number of hydrogen-bond acceptors (Lipinski definition) is 5. The minimum atomic E-state index is -1.83. The minimum Gasteiger partial charge on any atom is -0.481 e. The summed E-state index contributed by atoms with van der Waals surface area (Å²) >= 11 is 0. The highest BCUT2D eigenvalue weighted by Gasteiger charge is 2.45. The standard InChI is InChI=1S/C11H16O7/c1-4-18-10(17)11(3,6(2)12)5-7(8(13)14)9(15)16/h7H,4-5H2,1-3H3,(H,13,14)(H,15,16)/t11-/m1/s1. The average molecular weight is 260 g/mol. The summed E-state index contributed by atoms with van der Waals surface area (Å²) < 4.78 is 4.68. The highest BCUT2D eigenvalue weighted by Crippen LogP contribution is 2.29.